The molecule has 2 aromatic carbocycles. The number of nitrogens with zero attached hydrogens (tertiary/aromatic N) is 3. The van der Waals surface area contributed by atoms with Gasteiger partial charge in [0, 0.05) is 17.1 Å². The van der Waals surface area contributed by atoms with Gasteiger partial charge in [0.15, 0.2) is 0 Å². The SMILES string of the molecule is CSc1cc(-c2ccc(C)cc2)n(-c2cc(C)cc3ncccc23)n1. The molecule has 0 atom stereocenters. The van der Waals surface area contributed by atoms with Crippen LogP contribution in [-0.4, -0.2) is 21.0 Å². The van der Waals surface area contributed by atoms with Crippen molar-refractivity contribution in [1.82, 2.24) is 14.8 Å². The molecule has 25 heavy (non-hydrogen) atoms. The molecule has 2 heterocycles. The van der Waals surface area contributed by atoms with Crippen LogP contribution in [-0.2, 0) is 0 Å². The Balaban J connectivity index is 2.00. The maximum absolute atomic E-state index is 4.84. The number of benzene rings is 2. The predicted octanol–water partition coefficient (Wildman–Crippen LogP) is 5.43. The second-order valence-electron chi connectivity index (χ2n) is 6.20. The second-order valence-corrected chi connectivity index (χ2v) is 7.03. The molecule has 0 aliphatic rings. The van der Waals surface area contributed by atoms with Crippen LogP contribution in [0, 0.1) is 13.8 Å². The molecule has 0 radical (unpaired) electrons. The molecule has 0 saturated heterocycles. The van der Waals surface area contributed by atoms with Gasteiger partial charge in [0.25, 0.3) is 0 Å². The molecule has 0 aliphatic carbocycles. The first-order valence-electron chi connectivity index (χ1n) is 8.22. The topological polar surface area (TPSA) is 30.7 Å². The van der Waals surface area contributed by atoms with E-state index < -0.39 is 0 Å². The quantitative estimate of drug-likeness (QED) is 0.464. The minimum Gasteiger partial charge on any atom is -0.256 e. The molecule has 0 fully saturated rings. The van der Waals surface area contributed by atoms with E-state index in [9.17, 15) is 0 Å². The van der Waals surface area contributed by atoms with E-state index in [1.807, 2.05) is 16.9 Å². The lowest BCUT2D eigenvalue weighted by molar-refractivity contribution is 0.848. The van der Waals surface area contributed by atoms with E-state index >= 15 is 0 Å². The first kappa shape index (κ1) is 15.9. The molecule has 4 heteroatoms. The van der Waals surface area contributed by atoms with Crippen LogP contribution < -0.4 is 0 Å². The van der Waals surface area contributed by atoms with Crippen LogP contribution in [0.4, 0.5) is 0 Å². The second kappa shape index (κ2) is 6.37. The van der Waals surface area contributed by atoms with Gasteiger partial charge in [0.05, 0.1) is 16.9 Å². The molecule has 0 saturated carbocycles. The number of aryl methyl sites for hydroxylation is 2. The molecule has 0 N–H and O–H groups in total. The number of thioether (sulfide) groups is 1. The summed E-state index contributed by atoms with van der Waals surface area (Å²) in [6.07, 6.45) is 3.89. The van der Waals surface area contributed by atoms with Crippen molar-refractivity contribution < 1.29 is 0 Å². The molecular formula is C21H19N3S. The smallest absolute Gasteiger partial charge is 0.119 e. The minimum atomic E-state index is 0.994. The van der Waals surface area contributed by atoms with Crippen LogP contribution in [0.2, 0.25) is 0 Å². The standard InChI is InChI=1S/C21H19N3S/c1-14-6-8-16(9-7-14)19-13-21(25-3)23-24(19)20-12-15(2)11-18-17(20)5-4-10-22-18/h4-13H,1-3H3. The first-order valence-corrected chi connectivity index (χ1v) is 9.45. The van der Waals surface area contributed by atoms with Crippen LogP contribution in [0.3, 0.4) is 0 Å². The highest BCUT2D eigenvalue weighted by Gasteiger charge is 2.14. The van der Waals surface area contributed by atoms with E-state index in [4.69, 9.17) is 5.10 Å². The molecule has 0 unspecified atom stereocenters. The summed E-state index contributed by atoms with van der Waals surface area (Å²) in [6.45, 7) is 4.20. The Morgan fingerprint density at radius 1 is 0.920 bits per heavy atom. The van der Waals surface area contributed by atoms with Gasteiger partial charge >= 0.3 is 0 Å². The number of aromatic nitrogens is 3. The maximum atomic E-state index is 4.84. The highest BCUT2D eigenvalue weighted by Crippen LogP contribution is 2.31. The van der Waals surface area contributed by atoms with Crippen molar-refractivity contribution >= 4 is 22.7 Å². The molecule has 0 bridgehead atoms. The predicted molar refractivity (Wildman–Crippen MR) is 106 cm³/mol. The van der Waals surface area contributed by atoms with Crippen molar-refractivity contribution in [1.29, 1.82) is 0 Å². The van der Waals surface area contributed by atoms with Crippen molar-refractivity contribution in [3.8, 4) is 16.9 Å². The number of hydrogen-bond acceptors (Lipinski definition) is 3. The van der Waals surface area contributed by atoms with Crippen LogP contribution in [0.1, 0.15) is 11.1 Å². The fourth-order valence-electron chi connectivity index (χ4n) is 3.05. The highest BCUT2D eigenvalue weighted by atomic mass is 32.2. The maximum Gasteiger partial charge on any atom is 0.119 e. The van der Waals surface area contributed by atoms with Gasteiger partial charge in [0.1, 0.15) is 5.03 Å². The van der Waals surface area contributed by atoms with E-state index in [2.05, 4.69) is 73.6 Å². The fourth-order valence-corrected chi connectivity index (χ4v) is 3.44. The molecule has 4 rings (SSSR count). The molecule has 124 valence electrons. The third-order valence-corrected chi connectivity index (χ3v) is 4.93. The summed E-state index contributed by atoms with van der Waals surface area (Å²) in [5, 5.41) is 6.96. The van der Waals surface area contributed by atoms with Gasteiger partial charge in [-0.1, -0.05) is 29.8 Å². The summed E-state index contributed by atoms with van der Waals surface area (Å²) in [6, 6.07) is 19.1. The van der Waals surface area contributed by atoms with Crippen LogP contribution in [0.5, 0.6) is 0 Å². The summed E-state index contributed by atoms with van der Waals surface area (Å²) in [4.78, 5) is 4.52. The van der Waals surface area contributed by atoms with E-state index in [1.54, 1.807) is 11.8 Å². The fraction of sp³-hybridized carbons (Fsp3) is 0.143. The lowest BCUT2D eigenvalue weighted by Crippen LogP contribution is -2.01. The molecule has 0 spiro atoms. The Morgan fingerprint density at radius 2 is 1.72 bits per heavy atom. The molecule has 0 amide bonds. The van der Waals surface area contributed by atoms with E-state index in [0.717, 1.165) is 32.9 Å². The first-order chi connectivity index (χ1) is 12.2. The van der Waals surface area contributed by atoms with Gasteiger partial charge in [-0.2, -0.15) is 5.10 Å². The normalized spacial score (nSPS) is 11.2. The monoisotopic (exact) mass is 345 g/mol. The van der Waals surface area contributed by atoms with E-state index in [-0.39, 0.29) is 0 Å². The van der Waals surface area contributed by atoms with Crippen molar-refractivity contribution in [2.75, 3.05) is 6.26 Å². The Hall–Kier alpha value is -2.59. The van der Waals surface area contributed by atoms with Crippen molar-refractivity contribution in [3.05, 3.63) is 71.9 Å². The average Bonchev–Trinajstić information content (AvgIpc) is 3.06. The zero-order chi connectivity index (χ0) is 17.4. The summed E-state index contributed by atoms with van der Waals surface area (Å²) in [5.41, 5.74) is 6.76. The largest absolute Gasteiger partial charge is 0.256 e. The van der Waals surface area contributed by atoms with Crippen LogP contribution >= 0.6 is 11.8 Å². The zero-order valence-electron chi connectivity index (χ0n) is 14.5. The van der Waals surface area contributed by atoms with Gasteiger partial charge in [-0.25, -0.2) is 4.68 Å². The molecule has 0 aliphatic heterocycles. The van der Waals surface area contributed by atoms with Gasteiger partial charge in [-0.05, 0) is 56.0 Å². The third kappa shape index (κ3) is 2.94. The summed E-state index contributed by atoms with van der Waals surface area (Å²) >= 11 is 1.66. The lowest BCUT2D eigenvalue weighted by Gasteiger charge is -2.12. The molecule has 2 aromatic heterocycles. The van der Waals surface area contributed by atoms with Crippen molar-refractivity contribution in [3.63, 3.8) is 0 Å². The lowest BCUT2D eigenvalue weighted by atomic mass is 10.1. The van der Waals surface area contributed by atoms with E-state index in [1.165, 1.54) is 11.1 Å². The molecular weight excluding hydrogens is 326 g/mol. The van der Waals surface area contributed by atoms with Crippen LogP contribution in [0.15, 0.2) is 65.8 Å². The number of hydrogen-bond donors (Lipinski definition) is 0. The highest BCUT2D eigenvalue weighted by molar-refractivity contribution is 7.98. The van der Waals surface area contributed by atoms with Gasteiger partial charge in [-0.15, -0.1) is 11.8 Å². The van der Waals surface area contributed by atoms with Gasteiger partial charge < -0.3 is 0 Å². The van der Waals surface area contributed by atoms with E-state index in [0.29, 0.717) is 0 Å². The number of rotatable bonds is 3. The minimum absolute atomic E-state index is 0.994. The molecule has 4 aromatic rings. The van der Waals surface area contributed by atoms with Crippen LogP contribution in [0.25, 0.3) is 27.8 Å². The summed E-state index contributed by atoms with van der Waals surface area (Å²) in [5.74, 6) is 0. The number of fused-ring (bicyclic) bond motifs is 1. The Morgan fingerprint density at radius 3 is 2.48 bits per heavy atom. The van der Waals surface area contributed by atoms with Gasteiger partial charge in [-0.3, -0.25) is 4.98 Å². The summed E-state index contributed by atoms with van der Waals surface area (Å²) < 4.78 is 2.05. The van der Waals surface area contributed by atoms with Crippen molar-refractivity contribution in [2.24, 2.45) is 0 Å². The zero-order valence-corrected chi connectivity index (χ0v) is 15.3. The van der Waals surface area contributed by atoms with Gasteiger partial charge in [0.2, 0.25) is 0 Å². The average molecular weight is 345 g/mol. The molecule has 3 nitrogen and oxygen atoms in total. The number of pyridine rings is 1. The Bertz CT molecular complexity index is 1050. The van der Waals surface area contributed by atoms with Crippen molar-refractivity contribution in [2.45, 2.75) is 18.9 Å². The third-order valence-electron chi connectivity index (χ3n) is 4.31. The Kier molecular flexibility index (Phi) is 4.06. The summed E-state index contributed by atoms with van der Waals surface area (Å²) in [7, 11) is 0. The Labute approximate surface area is 151 Å².